The van der Waals surface area contributed by atoms with E-state index in [0.717, 1.165) is 0 Å². The Morgan fingerprint density at radius 3 is 2.64 bits per heavy atom. The van der Waals surface area contributed by atoms with E-state index in [1.807, 2.05) is 0 Å². The lowest BCUT2D eigenvalue weighted by atomic mass is 10.0. The zero-order chi connectivity index (χ0) is 18.4. The number of ether oxygens (including phenoxy) is 1. The number of rotatable bonds is 7. The van der Waals surface area contributed by atoms with Gasteiger partial charge in [-0.25, -0.2) is 0 Å². The van der Waals surface area contributed by atoms with Crippen LogP contribution in [0, 0.1) is 11.8 Å². The summed E-state index contributed by atoms with van der Waals surface area (Å²) < 4.78 is 5.15. The molecule has 0 aliphatic heterocycles. The molecule has 2 rings (SSSR count). The Labute approximate surface area is 150 Å². The molecule has 0 aromatic heterocycles. The van der Waals surface area contributed by atoms with Crippen LogP contribution < -0.4 is 15.4 Å². The zero-order valence-corrected chi connectivity index (χ0v) is 14.6. The number of anilines is 1. The average Bonchev–Trinajstić information content (AvgIpc) is 3.05. The summed E-state index contributed by atoms with van der Waals surface area (Å²) in [5.74, 6) is -1.59. The maximum atomic E-state index is 12.0. The molecule has 2 atom stereocenters. The van der Waals surface area contributed by atoms with Crippen LogP contribution in [0.3, 0.4) is 0 Å². The molecule has 0 heterocycles. The number of halogens is 1. The minimum atomic E-state index is -0.856. The molecule has 1 aromatic rings. The number of methoxy groups -OCH3 is 1. The van der Waals surface area contributed by atoms with Gasteiger partial charge in [0.2, 0.25) is 11.8 Å². The smallest absolute Gasteiger partial charge is 0.306 e. The number of amides is 2. The van der Waals surface area contributed by atoms with E-state index in [4.69, 9.17) is 21.4 Å². The Morgan fingerprint density at radius 2 is 2.00 bits per heavy atom. The molecular weight excluding hydrogens is 348 g/mol. The van der Waals surface area contributed by atoms with Crippen LogP contribution in [0.2, 0.25) is 5.02 Å². The zero-order valence-electron chi connectivity index (χ0n) is 13.9. The van der Waals surface area contributed by atoms with Crippen LogP contribution in [0.25, 0.3) is 0 Å². The Kier molecular flexibility index (Phi) is 6.64. The predicted octanol–water partition coefficient (Wildman–Crippen LogP) is 2.29. The summed E-state index contributed by atoms with van der Waals surface area (Å²) in [4.78, 5) is 34.9. The van der Waals surface area contributed by atoms with E-state index in [-0.39, 0.29) is 30.7 Å². The van der Waals surface area contributed by atoms with Gasteiger partial charge in [-0.1, -0.05) is 11.6 Å². The number of hydrogen-bond acceptors (Lipinski definition) is 4. The molecular formula is C17H21ClN2O5. The number of carboxylic acid groups (broad SMARTS) is 1. The van der Waals surface area contributed by atoms with Gasteiger partial charge in [0.25, 0.3) is 0 Å². The van der Waals surface area contributed by atoms with Crippen LogP contribution in [-0.2, 0) is 14.4 Å². The minimum Gasteiger partial charge on any atom is -0.495 e. The number of aliphatic carboxylic acids is 1. The molecule has 0 saturated heterocycles. The van der Waals surface area contributed by atoms with Gasteiger partial charge < -0.3 is 20.5 Å². The third kappa shape index (κ3) is 5.35. The molecule has 1 fully saturated rings. The quantitative estimate of drug-likeness (QED) is 0.685. The standard InChI is InChI=1S/C17H21ClN2O5/c1-25-14-5-4-12(18)9-13(14)20-15(21)6-7-19-16(22)10-2-3-11(8-10)17(23)24/h4-5,9-11H,2-3,6-8H2,1H3,(H,19,22)(H,20,21)(H,23,24)/t10-,11+/m1/s1. The SMILES string of the molecule is COc1ccc(Cl)cc1NC(=O)CCNC(=O)[C@@H]1CC[C@H](C(=O)O)C1. The van der Waals surface area contributed by atoms with Crippen LogP contribution in [0.15, 0.2) is 18.2 Å². The van der Waals surface area contributed by atoms with Gasteiger partial charge in [0.1, 0.15) is 5.75 Å². The Balaban J connectivity index is 1.76. The molecule has 1 aliphatic rings. The van der Waals surface area contributed by atoms with E-state index in [0.29, 0.717) is 35.7 Å². The van der Waals surface area contributed by atoms with Gasteiger partial charge in [-0.3, -0.25) is 14.4 Å². The van der Waals surface area contributed by atoms with Crippen molar-refractivity contribution in [2.45, 2.75) is 25.7 Å². The molecule has 136 valence electrons. The molecule has 7 nitrogen and oxygen atoms in total. The second kappa shape index (κ2) is 8.71. The molecule has 1 saturated carbocycles. The fourth-order valence-corrected chi connectivity index (χ4v) is 3.05. The fraction of sp³-hybridized carbons (Fsp3) is 0.471. The molecule has 0 spiro atoms. The Hall–Kier alpha value is -2.28. The number of hydrogen-bond donors (Lipinski definition) is 3. The summed E-state index contributed by atoms with van der Waals surface area (Å²) in [5, 5.41) is 14.8. The van der Waals surface area contributed by atoms with Crippen LogP contribution >= 0.6 is 11.6 Å². The second-order valence-electron chi connectivity index (χ2n) is 5.98. The second-order valence-corrected chi connectivity index (χ2v) is 6.42. The first-order chi connectivity index (χ1) is 11.9. The van der Waals surface area contributed by atoms with Crippen molar-refractivity contribution in [3.05, 3.63) is 23.2 Å². The van der Waals surface area contributed by atoms with E-state index < -0.39 is 11.9 Å². The summed E-state index contributed by atoms with van der Waals surface area (Å²) >= 11 is 5.90. The van der Waals surface area contributed by atoms with Crippen LogP contribution in [0.4, 0.5) is 5.69 Å². The van der Waals surface area contributed by atoms with Gasteiger partial charge in [-0.2, -0.15) is 0 Å². The Bertz CT molecular complexity index is 664. The van der Waals surface area contributed by atoms with E-state index in [1.165, 1.54) is 7.11 Å². The van der Waals surface area contributed by atoms with E-state index in [9.17, 15) is 14.4 Å². The molecule has 25 heavy (non-hydrogen) atoms. The number of benzene rings is 1. The van der Waals surface area contributed by atoms with Gasteiger partial charge in [0, 0.05) is 23.9 Å². The molecule has 0 unspecified atom stereocenters. The predicted molar refractivity (Wildman–Crippen MR) is 92.7 cm³/mol. The lowest BCUT2D eigenvalue weighted by Crippen LogP contribution is -2.32. The largest absolute Gasteiger partial charge is 0.495 e. The third-order valence-electron chi connectivity index (χ3n) is 4.24. The lowest BCUT2D eigenvalue weighted by molar-refractivity contribution is -0.141. The van der Waals surface area contributed by atoms with Gasteiger partial charge in [0.15, 0.2) is 0 Å². The summed E-state index contributed by atoms with van der Waals surface area (Å²) in [6, 6.07) is 4.89. The van der Waals surface area contributed by atoms with Gasteiger partial charge >= 0.3 is 5.97 Å². The van der Waals surface area contributed by atoms with Crippen LogP contribution in [0.1, 0.15) is 25.7 Å². The monoisotopic (exact) mass is 368 g/mol. The van der Waals surface area contributed by atoms with Gasteiger partial charge in [0.05, 0.1) is 18.7 Å². The number of carboxylic acids is 1. The summed E-state index contributed by atoms with van der Waals surface area (Å²) in [6.07, 6.45) is 1.53. The van der Waals surface area contributed by atoms with Crippen LogP contribution in [-0.4, -0.2) is 36.5 Å². The molecule has 2 amide bonds. The number of nitrogens with one attached hydrogen (secondary N) is 2. The average molecular weight is 369 g/mol. The van der Waals surface area contributed by atoms with Crippen molar-refractivity contribution in [1.82, 2.24) is 5.32 Å². The number of carbonyl (C=O) groups excluding carboxylic acids is 2. The van der Waals surface area contributed by atoms with Crippen molar-refractivity contribution in [3.63, 3.8) is 0 Å². The lowest BCUT2D eigenvalue weighted by Gasteiger charge is -2.12. The molecule has 0 bridgehead atoms. The maximum Gasteiger partial charge on any atom is 0.306 e. The maximum absolute atomic E-state index is 12.0. The van der Waals surface area contributed by atoms with Crippen molar-refractivity contribution in [2.75, 3.05) is 19.0 Å². The molecule has 3 N–H and O–H groups in total. The van der Waals surface area contributed by atoms with Gasteiger partial charge in [-0.15, -0.1) is 0 Å². The molecule has 8 heteroatoms. The van der Waals surface area contributed by atoms with E-state index in [1.54, 1.807) is 18.2 Å². The highest BCUT2D eigenvalue weighted by Crippen LogP contribution is 2.31. The summed E-state index contributed by atoms with van der Waals surface area (Å²) in [6.45, 7) is 0.182. The summed E-state index contributed by atoms with van der Waals surface area (Å²) in [7, 11) is 1.49. The fourth-order valence-electron chi connectivity index (χ4n) is 2.88. The Morgan fingerprint density at radius 1 is 1.28 bits per heavy atom. The first kappa shape index (κ1) is 19.1. The highest BCUT2D eigenvalue weighted by atomic mass is 35.5. The minimum absolute atomic E-state index is 0.0937. The molecule has 0 radical (unpaired) electrons. The van der Waals surface area contributed by atoms with Crippen molar-refractivity contribution in [2.24, 2.45) is 11.8 Å². The van der Waals surface area contributed by atoms with E-state index >= 15 is 0 Å². The highest BCUT2D eigenvalue weighted by molar-refractivity contribution is 6.31. The first-order valence-electron chi connectivity index (χ1n) is 8.04. The van der Waals surface area contributed by atoms with Crippen molar-refractivity contribution in [3.8, 4) is 5.75 Å². The normalized spacial score (nSPS) is 19.3. The molecule has 1 aromatic carbocycles. The van der Waals surface area contributed by atoms with Crippen molar-refractivity contribution < 1.29 is 24.2 Å². The van der Waals surface area contributed by atoms with Gasteiger partial charge in [-0.05, 0) is 37.5 Å². The van der Waals surface area contributed by atoms with Crippen molar-refractivity contribution >= 4 is 35.1 Å². The highest BCUT2D eigenvalue weighted by Gasteiger charge is 2.33. The third-order valence-corrected chi connectivity index (χ3v) is 4.47. The molecule has 1 aliphatic carbocycles. The van der Waals surface area contributed by atoms with Crippen molar-refractivity contribution in [1.29, 1.82) is 0 Å². The number of carbonyl (C=O) groups is 3. The van der Waals surface area contributed by atoms with E-state index in [2.05, 4.69) is 10.6 Å². The first-order valence-corrected chi connectivity index (χ1v) is 8.42. The van der Waals surface area contributed by atoms with Crippen LogP contribution in [0.5, 0.6) is 5.75 Å². The topological polar surface area (TPSA) is 105 Å². The summed E-state index contributed by atoms with van der Waals surface area (Å²) in [5.41, 5.74) is 0.464.